The van der Waals surface area contributed by atoms with E-state index < -0.39 is 5.97 Å². The molecule has 0 saturated heterocycles. The van der Waals surface area contributed by atoms with Crippen molar-refractivity contribution in [3.8, 4) is 11.4 Å². The fourth-order valence-electron chi connectivity index (χ4n) is 2.82. The number of fused-ring (bicyclic) bond motifs is 1. The van der Waals surface area contributed by atoms with E-state index in [1.807, 2.05) is 6.92 Å². The van der Waals surface area contributed by atoms with E-state index in [0.717, 1.165) is 30.0 Å². The monoisotopic (exact) mass is 368 g/mol. The molecule has 1 aromatic carbocycles. The van der Waals surface area contributed by atoms with Gasteiger partial charge >= 0.3 is 11.7 Å². The van der Waals surface area contributed by atoms with Gasteiger partial charge in [0.2, 0.25) is 0 Å². The Morgan fingerprint density at radius 2 is 1.96 bits per heavy atom. The average Bonchev–Trinajstić information content (AvgIpc) is 3.11. The molecule has 0 aliphatic carbocycles. The Labute approximate surface area is 154 Å². The van der Waals surface area contributed by atoms with Gasteiger partial charge in [0.05, 0.1) is 0 Å². The van der Waals surface area contributed by atoms with Gasteiger partial charge in [0, 0.05) is 25.2 Å². The molecular formula is C19H20N4O4. The van der Waals surface area contributed by atoms with Gasteiger partial charge in [0.1, 0.15) is 11.3 Å². The van der Waals surface area contributed by atoms with Crippen LogP contribution in [0.3, 0.4) is 0 Å². The van der Waals surface area contributed by atoms with E-state index in [1.165, 1.54) is 15.2 Å². The van der Waals surface area contributed by atoms with Crippen LogP contribution in [0, 0.1) is 0 Å². The van der Waals surface area contributed by atoms with Gasteiger partial charge in [-0.25, -0.2) is 14.6 Å². The van der Waals surface area contributed by atoms with Crippen molar-refractivity contribution in [1.82, 2.24) is 19.1 Å². The number of nitrogens with one attached hydrogen (secondary N) is 1. The summed E-state index contributed by atoms with van der Waals surface area (Å²) < 4.78 is 2.60. The summed E-state index contributed by atoms with van der Waals surface area (Å²) in [5, 5.41) is 8.68. The van der Waals surface area contributed by atoms with Crippen molar-refractivity contribution in [3.63, 3.8) is 0 Å². The number of imidazole rings is 1. The van der Waals surface area contributed by atoms with Crippen molar-refractivity contribution in [3.05, 3.63) is 56.7 Å². The highest BCUT2D eigenvalue weighted by atomic mass is 16.4. The fourth-order valence-corrected chi connectivity index (χ4v) is 2.82. The SMILES string of the molecule is CCCCn1c(=O)c2[nH]c(-c3ccc(C=CC(=O)O)cc3)nc2n(C)c1=O. The second kappa shape index (κ2) is 7.45. The molecular weight excluding hydrogens is 348 g/mol. The van der Waals surface area contributed by atoms with Gasteiger partial charge in [-0.3, -0.25) is 13.9 Å². The molecule has 3 aromatic rings. The largest absolute Gasteiger partial charge is 0.478 e. The zero-order chi connectivity index (χ0) is 19.6. The third kappa shape index (κ3) is 3.59. The van der Waals surface area contributed by atoms with Gasteiger partial charge in [-0.1, -0.05) is 37.6 Å². The topological polar surface area (TPSA) is 110 Å². The van der Waals surface area contributed by atoms with Crippen LogP contribution in [0.4, 0.5) is 0 Å². The number of carbonyl (C=O) groups is 1. The Balaban J connectivity index is 2.05. The normalized spacial score (nSPS) is 11.5. The Bertz CT molecular complexity index is 1130. The number of aromatic amines is 1. The number of hydrogen-bond donors (Lipinski definition) is 2. The van der Waals surface area contributed by atoms with Crippen LogP contribution in [0.15, 0.2) is 39.9 Å². The number of rotatable bonds is 6. The van der Waals surface area contributed by atoms with Gasteiger partial charge < -0.3 is 10.1 Å². The summed E-state index contributed by atoms with van der Waals surface area (Å²) in [6.07, 6.45) is 4.17. The highest BCUT2D eigenvalue weighted by Gasteiger charge is 2.15. The fraction of sp³-hybridized carbons (Fsp3) is 0.263. The molecule has 140 valence electrons. The number of carboxylic acids is 1. The van der Waals surface area contributed by atoms with Crippen LogP contribution >= 0.6 is 0 Å². The number of hydrogen-bond acceptors (Lipinski definition) is 4. The van der Waals surface area contributed by atoms with Crippen molar-refractivity contribution in [1.29, 1.82) is 0 Å². The van der Waals surface area contributed by atoms with Crippen LogP contribution in [-0.4, -0.2) is 30.2 Å². The number of unbranched alkanes of at least 4 members (excludes halogenated alkanes) is 1. The second-order valence-electron chi connectivity index (χ2n) is 6.23. The van der Waals surface area contributed by atoms with Gasteiger partial charge in [0.15, 0.2) is 5.65 Å². The lowest BCUT2D eigenvalue weighted by Gasteiger charge is -2.06. The molecule has 0 spiro atoms. The number of H-pyrrole nitrogens is 1. The third-order valence-corrected chi connectivity index (χ3v) is 4.32. The van der Waals surface area contributed by atoms with Crippen molar-refractivity contribution in [2.75, 3.05) is 0 Å². The first-order chi connectivity index (χ1) is 12.9. The number of aliphatic carboxylic acids is 1. The third-order valence-electron chi connectivity index (χ3n) is 4.32. The minimum Gasteiger partial charge on any atom is -0.478 e. The zero-order valence-corrected chi connectivity index (χ0v) is 15.1. The molecule has 0 aliphatic heterocycles. The van der Waals surface area contributed by atoms with Gasteiger partial charge in [-0.05, 0) is 18.1 Å². The van der Waals surface area contributed by atoms with E-state index in [-0.39, 0.29) is 16.8 Å². The summed E-state index contributed by atoms with van der Waals surface area (Å²) in [7, 11) is 1.59. The Morgan fingerprint density at radius 1 is 1.26 bits per heavy atom. The molecule has 8 nitrogen and oxygen atoms in total. The number of benzene rings is 1. The van der Waals surface area contributed by atoms with Crippen LogP contribution in [0.25, 0.3) is 28.6 Å². The van der Waals surface area contributed by atoms with E-state index in [1.54, 1.807) is 31.3 Å². The highest BCUT2D eigenvalue weighted by Crippen LogP contribution is 2.19. The molecule has 0 amide bonds. The summed E-state index contributed by atoms with van der Waals surface area (Å²) in [6.45, 7) is 2.37. The summed E-state index contributed by atoms with van der Waals surface area (Å²) >= 11 is 0. The number of aromatic nitrogens is 4. The van der Waals surface area contributed by atoms with E-state index in [9.17, 15) is 14.4 Å². The van der Waals surface area contributed by atoms with Crippen molar-refractivity contribution >= 4 is 23.2 Å². The maximum absolute atomic E-state index is 12.7. The number of carboxylic acid groups (broad SMARTS) is 1. The van der Waals surface area contributed by atoms with E-state index in [2.05, 4.69) is 9.97 Å². The molecule has 0 saturated carbocycles. The van der Waals surface area contributed by atoms with Crippen LogP contribution in [0.5, 0.6) is 0 Å². The molecule has 8 heteroatoms. The molecule has 2 heterocycles. The van der Waals surface area contributed by atoms with Gasteiger partial charge in [-0.15, -0.1) is 0 Å². The number of aryl methyl sites for hydroxylation is 1. The van der Waals surface area contributed by atoms with E-state index >= 15 is 0 Å². The highest BCUT2D eigenvalue weighted by molar-refractivity contribution is 5.85. The molecule has 0 bridgehead atoms. The lowest BCUT2D eigenvalue weighted by Crippen LogP contribution is -2.39. The molecule has 0 atom stereocenters. The Morgan fingerprint density at radius 3 is 2.59 bits per heavy atom. The van der Waals surface area contributed by atoms with Gasteiger partial charge in [0.25, 0.3) is 5.56 Å². The first kappa shape index (κ1) is 18.4. The van der Waals surface area contributed by atoms with Crippen LogP contribution in [-0.2, 0) is 18.4 Å². The minimum absolute atomic E-state index is 0.290. The van der Waals surface area contributed by atoms with Crippen LogP contribution in [0.2, 0.25) is 0 Å². The molecule has 0 unspecified atom stereocenters. The lowest BCUT2D eigenvalue weighted by molar-refractivity contribution is -0.131. The molecule has 2 aromatic heterocycles. The van der Waals surface area contributed by atoms with Gasteiger partial charge in [-0.2, -0.15) is 0 Å². The molecule has 0 fully saturated rings. The molecule has 0 radical (unpaired) electrons. The molecule has 3 rings (SSSR count). The maximum atomic E-state index is 12.7. The first-order valence-corrected chi connectivity index (χ1v) is 8.63. The maximum Gasteiger partial charge on any atom is 0.332 e. The summed E-state index contributed by atoms with van der Waals surface area (Å²) in [6, 6.07) is 7.04. The number of nitrogens with zero attached hydrogens (tertiary/aromatic N) is 3. The van der Waals surface area contributed by atoms with Crippen molar-refractivity contribution in [2.45, 2.75) is 26.3 Å². The van der Waals surface area contributed by atoms with Crippen molar-refractivity contribution < 1.29 is 9.90 Å². The predicted octanol–water partition coefficient (Wildman–Crippen LogP) is 1.99. The standard InChI is InChI=1S/C19H20N4O4/c1-3-4-11-23-18(26)15-17(22(2)19(23)27)21-16(20-15)13-8-5-12(6-9-13)7-10-14(24)25/h5-10H,3-4,11H2,1-2H3,(H,20,21)(H,24,25). The van der Waals surface area contributed by atoms with Crippen LogP contribution in [0.1, 0.15) is 25.3 Å². The Kier molecular flexibility index (Phi) is 5.07. The summed E-state index contributed by atoms with van der Waals surface area (Å²) in [5.41, 5.74) is 1.30. The summed E-state index contributed by atoms with van der Waals surface area (Å²) in [4.78, 5) is 43.1. The smallest absolute Gasteiger partial charge is 0.332 e. The lowest BCUT2D eigenvalue weighted by atomic mass is 10.1. The molecule has 2 N–H and O–H groups in total. The molecule has 0 aliphatic rings. The minimum atomic E-state index is -1.02. The Hall–Kier alpha value is -3.42. The quantitative estimate of drug-likeness (QED) is 0.647. The van der Waals surface area contributed by atoms with Crippen LogP contribution < -0.4 is 11.2 Å². The van der Waals surface area contributed by atoms with E-state index in [0.29, 0.717) is 18.0 Å². The van der Waals surface area contributed by atoms with Crippen molar-refractivity contribution in [2.24, 2.45) is 7.05 Å². The second-order valence-corrected chi connectivity index (χ2v) is 6.23. The average molecular weight is 368 g/mol. The summed E-state index contributed by atoms with van der Waals surface area (Å²) in [5.74, 6) is -0.546. The zero-order valence-electron chi connectivity index (χ0n) is 15.1. The molecule has 27 heavy (non-hydrogen) atoms. The predicted molar refractivity (Wildman–Crippen MR) is 103 cm³/mol. The van der Waals surface area contributed by atoms with E-state index in [4.69, 9.17) is 5.11 Å². The first-order valence-electron chi connectivity index (χ1n) is 8.63.